The highest BCUT2D eigenvalue weighted by Gasteiger charge is 2.18. The van der Waals surface area contributed by atoms with Gasteiger partial charge < -0.3 is 9.30 Å². The molecule has 1 heterocycles. The van der Waals surface area contributed by atoms with Gasteiger partial charge >= 0.3 is 5.69 Å². The van der Waals surface area contributed by atoms with Gasteiger partial charge in [-0.2, -0.15) is 0 Å². The Labute approximate surface area is 129 Å². The van der Waals surface area contributed by atoms with Crippen LogP contribution in [0.2, 0.25) is 0 Å². The van der Waals surface area contributed by atoms with Crippen molar-refractivity contribution in [2.45, 2.75) is 0 Å². The normalized spacial score (nSPS) is 10.2. The van der Waals surface area contributed by atoms with Gasteiger partial charge in [0.1, 0.15) is 11.5 Å². The third kappa shape index (κ3) is 3.90. The van der Waals surface area contributed by atoms with E-state index in [9.17, 15) is 24.1 Å². The first-order chi connectivity index (χ1) is 10.9. The number of nitrogens with zero attached hydrogens (tertiary/aromatic N) is 2. The van der Waals surface area contributed by atoms with Gasteiger partial charge in [-0.25, -0.2) is 4.39 Å². The average Bonchev–Trinajstić information content (AvgIpc) is 2.91. The van der Waals surface area contributed by atoms with Crippen molar-refractivity contribution in [1.29, 1.82) is 0 Å². The Morgan fingerprint density at radius 1 is 1.39 bits per heavy atom. The van der Waals surface area contributed by atoms with Crippen LogP contribution in [0.4, 0.5) is 10.1 Å². The molecule has 8 nitrogen and oxygen atoms in total. The van der Waals surface area contributed by atoms with E-state index in [2.05, 4.69) is 5.32 Å². The Kier molecular flexibility index (Phi) is 4.69. The summed E-state index contributed by atoms with van der Waals surface area (Å²) in [5, 5.41) is 12.9. The summed E-state index contributed by atoms with van der Waals surface area (Å²) in [6, 6.07) is 5.78. The first-order valence-electron chi connectivity index (χ1n) is 6.40. The number of imide groups is 1. The Balaban J connectivity index is 2.00. The van der Waals surface area contributed by atoms with Crippen LogP contribution in [-0.4, -0.2) is 27.9 Å². The number of carbonyl (C=O) groups is 2. The topological polar surface area (TPSA) is 103 Å². The molecule has 0 radical (unpaired) electrons. The molecule has 0 aliphatic carbocycles. The van der Waals surface area contributed by atoms with E-state index in [4.69, 9.17) is 4.74 Å². The van der Waals surface area contributed by atoms with E-state index < -0.39 is 40.6 Å². The minimum atomic E-state index is -0.810. The van der Waals surface area contributed by atoms with Gasteiger partial charge in [0.25, 0.3) is 11.8 Å². The standard InChI is InChI=1S/C14H12FN3O5/c1-17-6-2-3-11(17)14(20)16-13(19)8-23-12-7-9(15)4-5-10(12)18(21)22/h2-7H,8H2,1H3,(H,16,19,20). The SMILES string of the molecule is Cn1cccc1C(=O)NC(=O)COc1cc(F)ccc1[N+](=O)[O-]. The fraction of sp³-hybridized carbons (Fsp3) is 0.143. The highest BCUT2D eigenvalue weighted by Crippen LogP contribution is 2.27. The average molecular weight is 321 g/mol. The van der Waals surface area contributed by atoms with Crippen LogP contribution in [-0.2, 0) is 11.8 Å². The maximum absolute atomic E-state index is 13.1. The molecule has 1 aromatic carbocycles. The number of aryl methyl sites for hydroxylation is 1. The first kappa shape index (κ1) is 16.1. The fourth-order valence-corrected chi connectivity index (χ4v) is 1.82. The third-order valence-electron chi connectivity index (χ3n) is 2.91. The monoisotopic (exact) mass is 321 g/mol. The van der Waals surface area contributed by atoms with Crippen LogP contribution >= 0.6 is 0 Å². The number of halogens is 1. The van der Waals surface area contributed by atoms with Crippen molar-refractivity contribution >= 4 is 17.5 Å². The van der Waals surface area contributed by atoms with Crippen LogP contribution in [0.15, 0.2) is 36.5 Å². The first-order valence-corrected chi connectivity index (χ1v) is 6.40. The number of hydrogen-bond donors (Lipinski definition) is 1. The van der Waals surface area contributed by atoms with Crippen LogP contribution < -0.4 is 10.1 Å². The maximum Gasteiger partial charge on any atom is 0.311 e. The third-order valence-corrected chi connectivity index (χ3v) is 2.91. The molecule has 0 unspecified atom stereocenters. The van der Waals surface area contributed by atoms with Crippen molar-refractivity contribution in [1.82, 2.24) is 9.88 Å². The molecule has 2 amide bonds. The largest absolute Gasteiger partial charge is 0.477 e. The molecule has 0 aliphatic heterocycles. The van der Waals surface area contributed by atoms with Crippen molar-refractivity contribution in [3.63, 3.8) is 0 Å². The summed E-state index contributed by atoms with van der Waals surface area (Å²) in [5.41, 5.74) is -0.219. The molecule has 0 saturated heterocycles. The van der Waals surface area contributed by atoms with Gasteiger partial charge in [0.15, 0.2) is 6.61 Å². The molecule has 9 heteroatoms. The summed E-state index contributed by atoms with van der Waals surface area (Å²) >= 11 is 0. The molecule has 0 spiro atoms. The van der Waals surface area contributed by atoms with Gasteiger partial charge in [-0.15, -0.1) is 0 Å². The van der Waals surface area contributed by atoms with E-state index in [1.807, 2.05) is 0 Å². The Bertz CT molecular complexity index is 772. The zero-order valence-electron chi connectivity index (χ0n) is 12.0. The second-order valence-electron chi connectivity index (χ2n) is 4.54. The van der Waals surface area contributed by atoms with Gasteiger partial charge in [-0.1, -0.05) is 0 Å². The van der Waals surface area contributed by atoms with E-state index >= 15 is 0 Å². The Morgan fingerprint density at radius 3 is 2.74 bits per heavy atom. The molecule has 2 rings (SSSR count). The minimum absolute atomic E-state index is 0.259. The van der Waals surface area contributed by atoms with E-state index in [1.165, 1.54) is 10.6 Å². The number of carbonyl (C=O) groups excluding carboxylic acids is 2. The molecule has 1 N–H and O–H groups in total. The van der Waals surface area contributed by atoms with Crippen molar-refractivity contribution in [2.24, 2.45) is 7.05 Å². The second kappa shape index (κ2) is 6.69. The van der Waals surface area contributed by atoms with Crippen molar-refractivity contribution in [3.05, 3.63) is 58.2 Å². The van der Waals surface area contributed by atoms with Crippen LogP contribution in [0, 0.1) is 15.9 Å². The predicted molar refractivity (Wildman–Crippen MR) is 76.4 cm³/mol. The lowest BCUT2D eigenvalue weighted by Gasteiger charge is -2.07. The quantitative estimate of drug-likeness (QED) is 0.662. The summed E-state index contributed by atoms with van der Waals surface area (Å²) < 4.78 is 19.6. The van der Waals surface area contributed by atoms with Crippen LogP contribution in [0.25, 0.3) is 0 Å². The highest BCUT2D eigenvalue weighted by atomic mass is 19.1. The lowest BCUT2D eigenvalue weighted by Crippen LogP contribution is -2.35. The van der Waals surface area contributed by atoms with Gasteiger partial charge in [-0.3, -0.25) is 25.0 Å². The van der Waals surface area contributed by atoms with E-state index in [0.29, 0.717) is 0 Å². The lowest BCUT2D eigenvalue weighted by atomic mass is 10.3. The molecule has 0 saturated carbocycles. The minimum Gasteiger partial charge on any atom is -0.477 e. The van der Waals surface area contributed by atoms with Crippen LogP contribution in [0.5, 0.6) is 5.75 Å². The number of rotatable bonds is 5. The molecule has 2 aromatic rings. The van der Waals surface area contributed by atoms with Gasteiger partial charge in [0.05, 0.1) is 4.92 Å². The maximum atomic E-state index is 13.1. The van der Waals surface area contributed by atoms with E-state index in [1.54, 1.807) is 19.3 Å². The van der Waals surface area contributed by atoms with E-state index in [-0.39, 0.29) is 5.69 Å². The van der Waals surface area contributed by atoms with Crippen LogP contribution in [0.1, 0.15) is 10.5 Å². The number of aromatic nitrogens is 1. The summed E-state index contributed by atoms with van der Waals surface area (Å²) in [7, 11) is 1.63. The smallest absolute Gasteiger partial charge is 0.311 e. The molecule has 0 bridgehead atoms. The number of amides is 2. The fourth-order valence-electron chi connectivity index (χ4n) is 1.82. The molecular formula is C14H12FN3O5. The van der Waals surface area contributed by atoms with Gasteiger partial charge in [0.2, 0.25) is 5.75 Å². The summed E-state index contributed by atoms with van der Waals surface area (Å²) in [6.45, 7) is -0.666. The number of nitro benzene ring substituents is 1. The van der Waals surface area contributed by atoms with Crippen LogP contribution in [0.3, 0.4) is 0 Å². The molecular weight excluding hydrogens is 309 g/mol. The molecule has 23 heavy (non-hydrogen) atoms. The number of ether oxygens (including phenoxy) is 1. The van der Waals surface area contributed by atoms with Gasteiger partial charge in [0, 0.05) is 25.4 Å². The molecule has 0 aliphatic rings. The van der Waals surface area contributed by atoms with Crippen molar-refractivity contribution in [2.75, 3.05) is 6.61 Å². The Morgan fingerprint density at radius 2 is 2.13 bits per heavy atom. The summed E-state index contributed by atoms with van der Waals surface area (Å²) in [6.07, 6.45) is 1.63. The van der Waals surface area contributed by atoms with E-state index in [0.717, 1.165) is 18.2 Å². The predicted octanol–water partition coefficient (Wildman–Crippen LogP) is 1.41. The number of hydrogen-bond acceptors (Lipinski definition) is 5. The van der Waals surface area contributed by atoms with Crippen molar-refractivity contribution in [3.8, 4) is 5.75 Å². The molecule has 0 fully saturated rings. The molecule has 0 atom stereocenters. The summed E-state index contributed by atoms with van der Waals surface area (Å²) in [5.74, 6) is -2.59. The second-order valence-corrected chi connectivity index (χ2v) is 4.54. The lowest BCUT2D eigenvalue weighted by molar-refractivity contribution is -0.385. The zero-order chi connectivity index (χ0) is 17.0. The zero-order valence-corrected chi connectivity index (χ0v) is 12.0. The number of nitrogens with one attached hydrogen (secondary N) is 1. The molecule has 1 aromatic heterocycles. The summed E-state index contributed by atoms with van der Waals surface area (Å²) in [4.78, 5) is 33.5. The van der Waals surface area contributed by atoms with Gasteiger partial charge in [-0.05, 0) is 18.2 Å². The number of nitro groups is 1. The Hall–Kier alpha value is -3.23. The number of benzene rings is 1. The highest BCUT2D eigenvalue weighted by molar-refractivity contribution is 6.04. The molecule has 120 valence electrons. The van der Waals surface area contributed by atoms with Crippen molar-refractivity contribution < 1.29 is 23.6 Å².